The Labute approximate surface area is 147 Å². The van der Waals surface area contributed by atoms with E-state index in [9.17, 15) is 4.79 Å². The first-order valence-corrected chi connectivity index (χ1v) is 8.38. The number of hydrogen-bond acceptors (Lipinski definition) is 6. The zero-order valence-corrected chi connectivity index (χ0v) is 13.9. The highest BCUT2D eigenvalue weighted by atomic mass is 32.1. The quantitative estimate of drug-likeness (QED) is 0.613. The van der Waals surface area contributed by atoms with Crippen molar-refractivity contribution in [3.63, 3.8) is 0 Å². The molecule has 6 nitrogen and oxygen atoms in total. The van der Waals surface area contributed by atoms with Crippen molar-refractivity contribution in [1.29, 1.82) is 0 Å². The Hall–Kier alpha value is -3.19. The number of fused-ring (bicyclic) bond motifs is 1. The lowest BCUT2D eigenvalue weighted by Crippen LogP contribution is -2.22. The van der Waals surface area contributed by atoms with E-state index >= 15 is 0 Å². The number of benzene rings is 1. The third kappa shape index (κ3) is 3.36. The molecule has 1 aromatic carbocycles. The average molecular weight is 347 g/mol. The van der Waals surface area contributed by atoms with E-state index in [4.69, 9.17) is 0 Å². The Morgan fingerprint density at radius 3 is 2.68 bits per heavy atom. The summed E-state index contributed by atoms with van der Waals surface area (Å²) in [5, 5.41) is 2.93. The van der Waals surface area contributed by atoms with E-state index in [-0.39, 0.29) is 5.91 Å². The fourth-order valence-electron chi connectivity index (χ4n) is 2.47. The second-order valence-electron chi connectivity index (χ2n) is 5.44. The molecule has 1 N–H and O–H groups in total. The molecule has 3 heterocycles. The lowest BCUT2D eigenvalue weighted by molar-refractivity contribution is 0.0951. The molecule has 25 heavy (non-hydrogen) atoms. The molecule has 0 atom stereocenters. The van der Waals surface area contributed by atoms with Gasteiger partial charge in [-0.05, 0) is 48.0 Å². The summed E-state index contributed by atoms with van der Waals surface area (Å²) in [6, 6.07) is 13.0. The van der Waals surface area contributed by atoms with Crippen LogP contribution in [0.2, 0.25) is 0 Å². The third-order valence-corrected chi connectivity index (χ3v) is 4.33. The third-order valence-electron chi connectivity index (χ3n) is 3.77. The molecular weight excluding hydrogens is 334 g/mol. The predicted octanol–water partition coefficient (Wildman–Crippen LogP) is 3.08. The number of carbonyl (C=O) groups excluding carboxylic acids is 1. The molecule has 0 radical (unpaired) electrons. The molecule has 0 saturated heterocycles. The van der Waals surface area contributed by atoms with E-state index in [1.807, 2.05) is 30.3 Å². The molecule has 4 rings (SSSR count). The molecule has 0 aliphatic carbocycles. The molecule has 4 aromatic rings. The van der Waals surface area contributed by atoms with Gasteiger partial charge in [0.15, 0.2) is 0 Å². The molecule has 1 amide bonds. The summed E-state index contributed by atoms with van der Waals surface area (Å²) in [4.78, 5) is 20.7. The Morgan fingerprint density at radius 1 is 0.960 bits per heavy atom. The minimum Gasteiger partial charge on any atom is -0.348 e. The number of rotatable bonds is 4. The first-order valence-electron chi connectivity index (χ1n) is 7.65. The average Bonchev–Trinajstić information content (AvgIpc) is 3.15. The lowest BCUT2D eigenvalue weighted by Gasteiger charge is -2.07. The van der Waals surface area contributed by atoms with E-state index in [0.717, 1.165) is 39.6 Å². The van der Waals surface area contributed by atoms with Crippen molar-refractivity contribution < 1.29 is 4.79 Å². The van der Waals surface area contributed by atoms with Crippen LogP contribution in [-0.2, 0) is 6.54 Å². The van der Waals surface area contributed by atoms with Crippen molar-refractivity contribution in [1.82, 2.24) is 24.0 Å². The Balaban J connectivity index is 1.48. The minimum absolute atomic E-state index is 0.142. The van der Waals surface area contributed by atoms with E-state index < -0.39 is 0 Å². The molecule has 3 aromatic heterocycles. The fourth-order valence-corrected chi connectivity index (χ4v) is 2.99. The van der Waals surface area contributed by atoms with Crippen LogP contribution in [0.3, 0.4) is 0 Å². The Bertz CT molecular complexity index is 1030. The summed E-state index contributed by atoms with van der Waals surface area (Å²) in [6.45, 7) is 0.423. The summed E-state index contributed by atoms with van der Waals surface area (Å²) in [7, 11) is 0. The minimum atomic E-state index is -0.142. The van der Waals surface area contributed by atoms with Crippen molar-refractivity contribution >= 4 is 28.7 Å². The van der Waals surface area contributed by atoms with Crippen LogP contribution >= 0.6 is 11.7 Å². The highest BCUT2D eigenvalue weighted by Gasteiger charge is 2.08. The second-order valence-corrected chi connectivity index (χ2v) is 5.96. The SMILES string of the molecule is O=C(NCc1ccnc(-c2ccncc2)c1)c1ccc2nsnc2c1. The summed E-state index contributed by atoms with van der Waals surface area (Å²) < 4.78 is 8.30. The molecule has 0 saturated carbocycles. The van der Waals surface area contributed by atoms with Gasteiger partial charge in [-0.25, -0.2) is 0 Å². The number of carbonyl (C=O) groups is 1. The molecule has 7 heteroatoms. The number of nitrogens with one attached hydrogen (secondary N) is 1. The van der Waals surface area contributed by atoms with Crippen LogP contribution in [0.1, 0.15) is 15.9 Å². The monoisotopic (exact) mass is 347 g/mol. The maximum Gasteiger partial charge on any atom is 0.251 e. The van der Waals surface area contributed by atoms with Gasteiger partial charge in [0.2, 0.25) is 0 Å². The molecule has 0 bridgehead atoms. The van der Waals surface area contributed by atoms with E-state index in [0.29, 0.717) is 12.1 Å². The first kappa shape index (κ1) is 15.3. The van der Waals surface area contributed by atoms with Crippen molar-refractivity contribution in [2.75, 3.05) is 0 Å². The van der Waals surface area contributed by atoms with Gasteiger partial charge in [0.25, 0.3) is 5.91 Å². The van der Waals surface area contributed by atoms with Crippen LogP contribution in [0.25, 0.3) is 22.3 Å². The Morgan fingerprint density at radius 2 is 1.80 bits per heavy atom. The standard InChI is InChI=1S/C18H13N5OS/c24-18(14-1-2-15-17(10-14)23-25-22-15)21-11-12-3-8-20-16(9-12)13-4-6-19-7-5-13/h1-10H,11H2,(H,21,24). The van der Waals surface area contributed by atoms with Crippen molar-refractivity contribution in [3.8, 4) is 11.3 Å². The molecule has 0 spiro atoms. The highest BCUT2D eigenvalue weighted by molar-refractivity contribution is 7.00. The second kappa shape index (κ2) is 6.74. The number of pyridine rings is 2. The van der Waals surface area contributed by atoms with Gasteiger partial charge in [-0.15, -0.1) is 0 Å². The van der Waals surface area contributed by atoms with Crippen LogP contribution in [0.5, 0.6) is 0 Å². The number of amides is 1. The zero-order valence-electron chi connectivity index (χ0n) is 13.1. The molecule has 0 unspecified atom stereocenters. The molecule has 0 fully saturated rings. The van der Waals surface area contributed by atoms with Gasteiger partial charge in [0.05, 0.1) is 17.4 Å². The topological polar surface area (TPSA) is 80.7 Å². The highest BCUT2D eigenvalue weighted by Crippen LogP contribution is 2.17. The van der Waals surface area contributed by atoms with Crippen molar-refractivity contribution in [2.24, 2.45) is 0 Å². The van der Waals surface area contributed by atoms with Gasteiger partial charge in [0, 0.05) is 36.3 Å². The normalized spacial score (nSPS) is 10.7. The van der Waals surface area contributed by atoms with E-state index in [1.165, 1.54) is 0 Å². The molecule has 0 aliphatic heterocycles. The van der Waals surface area contributed by atoms with Gasteiger partial charge < -0.3 is 5.32 Å². The van der Waals surface area contributed by atoms with Crippen LogP contribution < -0.4 is 5.32 Å². The maximum absolute atomic E-state index is 12.4. The molecule has 122 valence electrons. The lowest BCUT2D eigenvalue weighted by atomic mass is 10.1. The summed E-state index contributed by atoms with van der Waals surface area (Å²) in [6.07, 6.45) is 5.20. The molecular formula is C18H13N5OS. The fraction of sp³-hybridized carbons (Fsp3) is 0.0556. The maximum atomic E-state index is 12.4. The number of hydrogen-bond donors (Lipinski definition) is 1. The largest absolute Gasteiger partial charge is 0.348 e. The van der Waals surface area contributed by atoms with Gasteiger partial charge in [-0.2, -0.15) is 8.75 Å². The van der Waals surface area contributed by atoms with Crippen LogP contribution in [-0.4, -0.2) is 24.6 Å². The zero-order chi connectivity index (χ0) is 17.1. The number of nitrogens with zero attached hydrogens (tertiary/aromatic N) is 4. The van der Waals surface area contributed by atoms with Crippen LogP contribution in [0, 0.1) is 0 Å². The van der Waals surface area contributed by atoms with Gasteiger partial charge in [-0.3, -0.25) is 14.8 Å². The van der Waals surface area contributed by atoms with Crippen LogP contribution in [0.4, 0.5) is 0 Å². The van der Waals surface area contributed by atoms with E-state index in [2.05, 4.69) is 24.0 Å². The Kier molecular flexibility index (Phi) is 4.14. The van der Waals surface area contributed by atoms with Gasteiger partial charge in [-0.1, -0.05) is 0 Å². The summed E-state index contributed by atoms with van der Waals surface area (Å²) in [5.74, 6) is -0.142. The summed E-state index contributed by atoms with van der Waals surface area (Å²) in [5.41, 5.74) is 4.93. The van der Waals surface area contributed by atoms with Crippen molar-refractivity contribution in [3.05, 3.63) is 72.2 Å². The van der Waals surface area contributed by atoms with Crippen molar-refractivity contribution in [2.45, 2.75) is 6.54 Å². The smallest absolute Gasteiger partial charge is 0.251 e. The predicted molar refractivity (Wildman–Crippen MR) is 96.1 cm³/mol. The van der Waals surface area contributed by atoms with Gasteiger partial charge in [0.1, 0.15) is 11.0 Å². The number of aromatic nitrogens is 4. The summed E-state index contributed by atoms with van der Waals surface area (Å²) >= 11 is 1.14. The van der Waals surface area contributed by atoms with Crippen LogP contribution in [0.15, 0.2) is 61.1 Å². The first-order chi connectivity index (χ1) is 12.3. The van der Waals surface area contributed by atoms with Gasteiger partial charge >= 0.3 is 0 Å². The van der Waals surface area contributed by atoms with E-state index in [1.54, 1.807) is 30.7 Å². The molecule has 0 aliphatic rings.